The summed E-state index contributed by atoms with van der Waals surface area (Å²) >= 11 is 1.49. The molecule has 1 unspecified atom stereocenters. The second-order valence-electron chi connectivity index (χ2n) is 4.61. The van der Waals surface area contributed by atoms with E-state index in [4.69, 9.17) is 5.11 Å². The number of aliphatic carboxylic acids is 1. The second kappa shape index (κ2) is 7.54. The maximum absolute atomic E-state index is 12.0. The lowest BCUT2D eigenvalue weighted by molar-refractivity contribution is -0.137. The molecule has 0 aliphatic heterocycles. The van der Waals surface area contributed by atoms with Gasteiger partial charge in [0.25, 0.3) is 0 Å². The van der Waals surface area contributed by atoms with Crippen LogP contribution in [-0.4, -0.2) is 22.0 Å². The maximum Gasteiger partial charge on any atom is 0.305 e. The average Bonchev–Trinajstić information content (AvgIpc) is 2.98. The zero-order chi connectivity index (χ0) is 15.1. The standard InChI is InChI=1S/C15H16N2O3S/c18-14(7-6-12-9-21-10-16-12)17-13(8-15(19)20)11-4-2-1-3-5-11/h1-5,9-10,13H,6-8H2,(H,17,18)(H,19,20). The number of nitrogens with zero attached hydrogens (tertiary/aromatic N) is 1. The van der Waals surface area contributed by atoms with Crippen LogP contribution in [0.15, 0.2) is 41.2 Å². The molecule has 0 radical (unpaired) electrons. The fourth-order valence-electron chi connectivity index (χ4n) is 1.98. The van der Waals surface area contributed by atoms with E-state index >= 15 is 0 Å². The Labute approximate surface area is 126 Å². The van der Waals surface area contributed by atoms with Gasteiger partial charge in [-0.15, -0.1) is 11.3 Å². The minimum atomic E-state index is -0.941. The highest BCUT2D eigenvalue weighted by Crippen LogP contribution is 2.17. The molecule has 6 heteroatoms. The molecule has 0 aliphatic rings. The van der Waals surface area contributed by atoms with Crippen molar-refractivity contribution >= 4 is 23.2 Å². The Morgan fingerprint density at radius 3 is 2.67 bits per heavy atom. The molecule has 1 aromatic heterocycles. The third-order valence-electron chi connectivity index (χ3n) is 3.01. The molecule has 1 amide bonds. The monoisotopic (exact) mass is 304 g/mol. The molecule has 2 aromatic rings. The van der Waals surface area contributed by atoms with E-state index < -0.39 is 12.0 Å². The van der Waals surface area contributed by atoms with Crippen LogP contribution < -0.4 is 5.32 Å². The van der Waals surface area contributed by atoms with Crippen molar-refractivity contribution in [3.63, 3.8) is 0 Å². The number of carbonyl (C=O) groups excluding carboxylic acids is 1. The van der Waals surface area contributed by atoms with Crippen molar-refractivity contribution in [1.82, 2.24) is 10.3 Å². The SMILES string of the molecule is O=C(O)CC(NC(=O)CCc1cscn1)c1ccccc1. The summed E-state index contributed by atoms with van der Waals surface area (Å²) in [6.45, 7) is 0. The lowest BCUT2D eigenvalue weighted by atomic mass is 10.0. The van der Waals surface area contributed by atoms with Crippen LogP contribution in [0.1, 0.15) is 30.1 Å². The van der Waals surface area contributed by atoms with Crippen LogP contribution in [0.3, 0.4) is 0 Å². The van der Waals surface area contributed by atoms with Crippen LogP contribution in [0.25, 0.3) is 0 Å². The Bertz CT molecular complexity index is 584. The van der Waals surface area contributed by atoms with Gasteiger partial charge < -0.3 is 10.4 Å². The minimum Gasteiger partial charge on any atom is -0.481 e. The number of hydrogen-bond donors (Lipinski definition) is 2. The number of rotatable bonds is 7. The first kappa shape index (κ1) is 15.2. The van der Waals surface area contributed by atoms with Crippen molar-refractivity contribution in [2.24, 2.45) is 0 Å². The number of carboxylic acids is 1. The number of nitrogens with one attached hydrogen (secondary N) is 1. The van der Waals surface area contributed by atoms with Gasteiger partial charge in [0.05, 0.1) is 23.7 Å². The van der Waals surface area contributed by atoms with E-state index in [9.17, 15) is 9.59 Å². The van der Waals surface area contributed by atoms with Crippen LogP contribution in [0.2, 0.25) is 0 Å². The van der Waals surface area contributed by atoms with Crippen molar-refractivity contribution in [2.75, 3.05) is 0 Å². The van der Waals surface area contributed by atoms with E-state index in [0.29, 0.717) is 12.8 Å². The summed E-state index contributed by atoms with van der Waals surface area (Å²) in [7, 11) is 0. The number of carboxylic acid groups (broad SMARTS) is 1. The molecule has 0 aliphatic carbocycles. The van der Waals surface area contributed by atoms with Crippen LogP contribution in [0.5, 0.6) is 0 Å². The third-order valence-corrected chi connectivity index (χ3v) is 3.64. The fraction of sp³-hybridized carbons (Fsp3) is 0.267. The number of thiazole rings is 1. The first-order valence-electron chi connectivity index (χ1n) is 6.58. The summed E-state index contributed by atoms with van der Waals surface area (Å²) in [6.07, 6.45) is 0.725. The summed E-state index contributed by atoms with van der Waals surface area (Å²) in [5.74, 6) is -1.11. The Hall–Kier alpha value is -2.21. The molecule has 1 heterocycles. The Morgan fingerprint density at radius 1 is 1.29 bits per heavy atom. The number of benzene rings is 1. The summed E-state index contributed by atoms with van der Waals surface area (Å²) < 4.78 is 0. The minimum absolute atomic E-state index is 0.132. The molecule has 0 spiro atoms. The van der Waals surface area contributed by atoms with Crippen molar-refractivity contribution in [3.8, 4) is 0 Å². The summed E-state index contributed by atoms with van der Waals surface area (Å²) in [4.78, 5) is 27.0. The molecule has 0 saturated carbocycles. The van der Waals surface area contributed by atoms with Crippen LogP contribution >= 0.6 is 11.3 Å². The summed E-state index contributed by atoms with van der Waals surface area (Å²) in [5.41, 5.74) is 3.40. The molecular formula is C15H16N2O3S. The predicted molar refractivity (Wildman–Crippen MR) is 80.0 cm³/mol. The molecular weight excluding hydrogens is 288 g/mol. The molecule has 21 heavy (non-hydrogen) atoms. The van der Waals surface area contributed by atoms with Crippen LogP contribution in [0.4, 0.5) is 0 Å². The topological polar surface area (TPSA) is 79.3 Å². The van der Waals surface area contributed by atoms with Gasteiger partial charge >= 0.3 is 5.97 Å². The van der Waals surface area contributed by atoms with E-state index in [2.05, 4.69) is 10.3 Å². The Balaban J connectivity index is 1.94. The van der Waals surface area contributed by atoms with Crippen molar-refractivity contribution < 1.29 is 14.7 Å². The second-order valence-corrected chi connectivity index (χ2v) is 5.33. The van der Waals surface area contributed by atoms with Gasteiger partial charge in [-0.3, -0.25) is 9.59 Å². The molecule has 2 N–H and O–H groups in total. The normalized spacial score (nSPS) is 11.8. The highest BCUT2D eigenvalue weighted by atomic mass is 32.1. The molecule has 2 rings (SSSR count). The molecule has 5 nitrogen and oxygen atoms in total. The van der Waals surface area contributed by atoms with E-state index in [0.717, 1.165) is 11.3 Å². The molecule has 0 fully saturated rings. The van der Waals surface area contributed by atoms with Crippen LogP contribution in [0, 0.1) is 0 Å². The van der Waals surface area contributed by atoms with Crippen molar-refractivity contribution in [1.29, 1.82) is 0 Å². The number of aryl methyl sites for hydroxylation is 1. The predicted octanol–water partition coefficient (Wildman–Crippen LogP) is 2.41. The van der Waals surface area contributed by atoms with Gasteiger partial charge in [0.1, 0.15) is 0 Å². The lowest BCUT2D eigenvalue weighted by Crippen LogP contribution is -2.30. The highest BCUT2D eigenvalue weighted by Gasteiger charge is 2.17. The van der Waals surface area contributed by atoms with E-state index in [-0.39, 0.29) is 12.3 Å². The summed E-state index contributed by atoms with van der Waals surface area (Å²) in [6, 6.07) is 8.62. The molecule has 0 bridgehead atoms. The number of carbonyl (C=O) groups is 2. The number of aromatic nitrogens is 1. The van der Waals surface area contributed by atoms with Gasteiger partial charge in [-0.2, -0.15) is 0 Å². The van der Waals surface area contributed by atoms with Gasteiger partial charge in [-0.05, 0) is 12.0 Å². The fourth-order valence-corrected chi connectivity index (χ4v) is 2.57. The van der Waals surface area contributed by atoms with Crippen molar-refractivity contribution in [3.05, 3.63) is 52.5 Å². The quantitative estimate of drug-likeness (QED) is 0.823. The third kappa shape index (κ3) is 5.00. The average molecular weight is 304 g/mol. The van der Waals surface area contributed by atoms with Gasteiger partial charge in [-0.1, -0.05) is 30.3 Å². The molecule has 1 aromatic carbocycles. The first-order valence-corrected chi connectivity index (χ1v) is 7.52. The zero-order valence-corrected chi connectivity index (χ0v) is 12.2. The molecule has 110 valence electrons. The Kier molecular flexibility index (Phi) is 5.45. The van der Waals surface area contributed by atoms with Gasteiger partial charge in [-0.25, -0.2) is 4.98 Å². The van der Waals surface area contributed by atoms with Crippen LogP contribution in [-0.2, 0) is 16.0 Å². The number of amides is 1. The largest absolute Gasteiger partial charge is 0.481 e. The smallest absolute Gasteiger partial charge is 0.305 e. The lowest BCUT2D eigenvalue weighted by Gasteiger charge is -2.17. The van der Waals surface area contributed by atoms with Gasteiger partial charge in [0.2, 0.25) is 5.91 Å². The van der Waals surface area contributed by atoms with E-state index in [1.165, 1.54) is 11.3 Å². The van der Waals surface area contributed by atoms with E-state index in [1.807, 2.05) is 35.7 Å². The van der Waals surface area contributed by atoms with E-state index in [1.54, 1.807) is 5.51 Å². The molecule has 1 atom stereocenters. The first-order chi connectivity index (χ1) is 10.1. The van der Waals surface area contributed by atoms with Gasteiger partial charge in [0, 0.05) is 11.8 Å². The Morgan fingerprint density at radius 2 is 2.05 bits per heavy atom. The van der Waals surface area contributed by atoms with Crippen molar-refractivity contribution in [2.45, 2.75) is 25.3 Å². The maximum atomic E-state index is 12.0. The van der Waals surface area contributed by atoms with Gasteiger partial charge in [0.15, 0.2) is 0 Å². The highest BCUT2D eigenvalue weighted by molar-refractivity contribution is 7.07. The summed E-state index contributed by atoms with van der Waals surface area (Å²) in [5, 5.41) is 13.7. The molecule has 0 saturated heterocycles. The number of hydrogen-bond acceptors (Lipinski definition) is 4. The zero-order valence-electron chi connectivity index (χ0n) is 11.4.